The fourth-order valence-corrected chi connectivity index (χ4v) is 3.61. The monoisotopic (exact) mass is 296 g/mol. The average molecular weight is 296 g/mol. The molecule has 0 aromatic rings. The fourth-order valence-electron chi connectivity index (χ4n) is 3.61. The molecule has 1 aliphatic heterocycles. The lowest BCUT2D eigenvalue weighted by atomic mass is 9.86. The summed E-state index contributed by atoms with van der Waals surface area (Å²) in [6.07, 6.45) is 6.52. The first kappa shape index (κ1) is 17.2. The molecule has 1 N–H and O–H groups in total. The van der Waals surface area contributed by atoms with Crippen LogP contribution in [0.4, 0.5) is 0 Å². The number of hydrogen-bond donors (Lipinski definition) is 1. The lowest BCUT2D eigenvalue weighted by Crippen LogP contribution is -2.65. The van der Waals surface area contributed by atoms with Crippen LogP contribution in [0.1, 0.15) is 59.8 Å². The lowest BCUT2D eigenvalue weighted by molar-refractivity contribution is 0.000313. The molecule has 2 fully saturated rings. The van der Waals surface area contributed by atoms with Gasteiger partial charge in [0.2, 0.25) is 0 Å². The minimum Gasteiger partial charge on any atom is -0.380 e. The second-order valence-electron chi connectivity index (χ2n) is 7.50. The third-order valence-corrected chi connectivity index (χ3v) is 5.63. The van der Waals surface area contributed by atoms with Crippen LogP contribution in [0.5, 0.6) is 0 Å². The van der Waals surface area contributed by atoms with Gasteiger partial charge in [-0.2, -0.15) is 0 Å². The van der Waals surface area contributed by atoms with Gasteiger partial charge in [-0.15, -0.1) is 0 Å². The summed E-state index contributed by atoms with van der Waals surface area (Å²) in [6, 6.07) is 0.729. The smallest absolute Gasteiger partial charge is 0.0593 e. The first-order valence-electron chi connectivity index (χ1n) is 9.17. The van der Waals surface area contributed by atoms with Crippen molar-refractivity contribution in [1.29, 1.82) is 0 Å². The second kappa shape index (κ2) is 7.94. The molecule has 0 spiro atoms. The van der Waals surface area contributed by atoms with Gasteiger partial charge in [0.1, 0.15) is 0 Å². The quantitative estimate of drug-likeness (QED) is 0.661. The van der Waals surface area contributed by atoms with E-state index in [0.717, 1.165) is 44.2 Å². The van der Waals surface area contributed by atoms with E-state index in [4.69, 9.17) is 4.74 Å². The van der Waals surface area contributed by atoms with Crippen LogP contribution in [-0.2, 0) is 4.74 Å². The standard InChI is InChI=1S/C18H36N2O/c1-5-18(6-2)14-19-17(16-7-8-16)13-20(18)10-12-21-11-9-15(3)4/h15-17,19H,5-14H2,1-4H3. The maximum atomic E-state index is 5.88. The van der Waals surface area contributed by atoms with Crippen molar-refractivity contribution in [2.75, 3.05) is 32.8 Å². The maximum Gasteiger partial charge on any atom is 0.0593 e. The van der Waals surface area contributed by atoms with E-state index in [1.54, 1.807) is 0 Å². The topological polar surface area (TPSA) is 24.5 Å². The van der Waals surface area contributed by atoms with Crippen LogP contribution in [0.3, 0.4) is 0 Å². The van der Waals surface area contributed by atoms with Gasteiger partial charge in [0, 0.05) is 37.8 Å². The second-order valence-corrected chi connectivity index (χ2v) is 7.50. The number of piperazine rings is 1. The zero-order chi connectivity index (χ0) is 15.3. The molecule has 2 aliphatic rings. The van der Waals surface area contributed by atoms with Crippen molar-refractivity contribution in [2.45, 2.75) is 71.4 Å². The van der Waals surface area contributed by atoms with Gasteiger partial charge in [0.15, 0.2) is 0 Å². The van der Waals surface area contributed by atoms with Gasteiger partial charge < -0.3 is 10.1 Å². The van der Waals surface area contributed by atoms with Gasteiger partial charge in [0.25, 0.3) is 0 Å². The van der Waals surface area contributed by atoms with E-state index in [0.29, 0.717) is 5.54 Å². The van der Waals surface area contributed by atoms with Gasteiger partial charge in [0.05, 0.1) is 6.61 Å². The van der Waals surface area contributed by atoms with Crippen LogP contribution in [0, 0.1) is 11.8 Å². The number of rotatable bonds is 9. The zero-order valence-electron chi connectivity index (χ0n) is 14.7. The van der Waals surface area contributed by atoms with Crippen molar-refractivity contribution < 1.29 is 4.74 Å². The molecule has 1 aliphatic carbocycles. The molecular weight excluding hydrogens is 260 g/mol. The molecule has 1 saturated carbocycles. The summed E-state index contributed by atoms with van der Waals surface area (Å²) in [7, 11) is 0. The van der Waals surface area contributed by atoms with Crippen LogP contribution >= 0.6 is 0 Å². The molecule has 1 saturated heterocycles. The third kappa shape index (κ3) is 4.67. The van der Waals surface area contributed by atoms with Gasteiger partial charge in [-0.25, -0.2) is 0 Å². The van der Waals surface area contributed by atoms with Gasteiger partial charge in [-0.3, -0.25) is 4.90 Å². The zero-order valence-corrected chi connectivity index (χ0v) is 14.7. The fraction of sp³-hybridized carbons (Fsp3) is 1.00. The molecule has 0 radical (unpaired) electrons. The van der Waals surface area contributed by atoms with E-state index in [2.05, 4.69) is 37.9 Å². The highest BCUT2D eigenvalue weighted by Gasteiger charge is 2.42. The summed E-state index contributed by atoms with van der Waals surface area (Å²) in [5, 5.41) is 3.84. The van der Waals surface area contributed by atoms with Crippen LogP contribution in [0.15, 0.2) is 0 Å². The molecule has 3 nitrogen and oxygen atoms in total. The van der Waals surface area contributed by atoms with E-state index in [9.17, 15) is 0 Å². The highest BCUT2D eigenvalue weighted by atomic mass is 16.5. The van der Waals surface area contributed by atoms with E-state index in [-0.39, 0.29) is 0 Å². The molecule has 1 atom stereocenters. The number of nitrogens with zero attached hydrogens (tertiary/aromatic N) is 1. The number of hydrogen-bond acceptors (Lipinski definition) is 3. The van der Waals surface area contributed by atoms with Crippen molar-refractivity contribution in [3.05, 3.63) is 0 Å². The summed E-state index contributed by atoms with van der Waals surface area (Å²) < 4.78 is 5.88. The summed E-state index contributed by atoms with van der Waals surface area (Å²) in [5.41, 5.74) is 0.354. The Labute approximate surface area is 131 Å². The van der Waals surface area contributed by atoms with E-state index < -0.39 is 0 Å². The molecule has 124 valence electrons. The molecule has 2 rings (SSSR count). The summed E-state index contributed by atoms with van der Waals surface area (Å²) in [5.74, 6) is 1.69. The van der Waals surface area contributed by atoms with E-state index in [1.807, 2.05) is 0 Å². The molecule has 1 heterocycles. The first-order valence-corrected chi connectivity index (χ1v) is 9.17. The molecular formula is C18H36N2O. The predicted molar refractivity (Wildman–Crippen MR) is 89.7 cm³/mol. The molecule has 0 aromatic carbocycles. The molecule has 1 unspecified atom stereocenters. The summed E-state index contributed by atoms with van der Waals surface area (Å²) >= 11 is 0. The normalized spacial score (nSPS) is 26.4. The number of ether oxygens (including phenoxy) is 1. The molecule has 0 bridgehead atoms. The Morgan fingerprint density at radius 3 is 2.48 bits per heavy atom. The van der Waals surface area contributed by atoms with Crippen molar-refractivity contribution >= 4 is 0 Å². The highest BCUT2D eigenvalue weighted by Crippen LogP contribution is 2.37. The van der Waals surface area contributed by atoms with Gasteiger partial charge in [-0.05, 0) is 43.9 Å². The highest BCUT2D eigenvalue weighted by molar-refractivity contribution is 5.01. The minimum absolute atomic E-state index is 0.354. The average Bonchev–Trinajstić information content (AvgIpc) is 3.31. The Kier molecular flexibility index (Phi) is 6.51. The third-order valence-electron chi connectivity index (χ3n) is 5.63. The van der Waals surface area contributed by atoms with Crippen LogP contribution < -0.4 is 5.32 Å². The minimum atomic E-state index is 0.354. The molecule has 3 heteroatoms. The predicted octanol–water partition coefficient (Wildman–Crippen LogP) is 3.29. The van der Waals surface area contributed by atoms with Crippen LogP contribution in [-0.4, -0.2) is 49.3 Å². The van der Waals surface area contributed by atoms with Gasteiger partial charge in [-0.1, -0.05) is 27.7 Å². The van der Waals surface area contributed by atoms with Crippen molar-refractivity contribution in [2.24, 2.45) is 11.8 Å². The SMILES string of the molecule is CCC1(CC)CNC(C2CC2)CN1CCOCCC(C)C. The lowest BCUT2D eigenvalue weighted by Gasteiger charge is -2.50. The van der Waals surface area contributed by atoms with E-state index >= 15 is 0 Å². The first-order chi connectivity index (χ1) is 10.1. The molecule has 21 heavy (non-hydrogen) atoms. The Morgan fingerprint density at radius 2 is 1.90 bits per heavy atom. The summed E-state index contributed by atoms with van der Waals surface area (Å²) in [6.45, 7) is 14.5. The molecule has 0 aromatic heterocycles. The number of nitrogens with one attached hydrogen (secondary N) is 1. The Bertz CT molecular complexity index is 298. The van der Waals surface area contributed by atoms with Gasteiger partial charge >= 0.3 is 0 Å². The molecule has 0 amide bonds. The Hall–Kier alpha value is -0.120. The maximum absolute atomic E-state index is 5.88. The summed E-state index contributed by atoms with van der Waals surface area (Å²) in [4.78, 5) is 2.74. The van der Waals surface area contributed by atoms with Crippen molar-refractivity contribution in [3.8, 4) is 0 Å². The van der Waals surface area contributed by atoms with Crippen LogP contribution in [0.25, 0.3) is 0 Å². The largest absolute Gasteiger partial charge is 0.380 e. The Morgan fingerprint density at radius 1 is 1.19 bits per heavy atom. The van der Waals surface area contributed by atoms with Crippen molar-refractivity contribution in [1.82, 2.24) is 10.2 Å². The van der Waals surface area contributed by atoms with Crippen LogP contribution in [0.2, 0.25) is 0 Å². The van der Waals surface area contributed by atoms with E-state index in [1.165, 1.54) is 38.6 Å². The Balaban J connectivity index is 1.81. The van der Waals surface area contributed by atoms with Crippen molar-refractivity contribution in [3.63, 3.8) is 0 Å².